The molecule has 1 unspecified atom stereocenters. The third-order valence-electron chi connectivity index (χ3n) is 0.720. The standard InChI is InChI=1S/C3H8NO6P.2Na/c4-2(3(5)6)1-10-11(7,8)9;;/h2H,1,4H2,(H,5,6)(H2,7,8,9);;/q;2*+1/p-2/t2-;;/m0../s1. The normalized spacial score (nSPS) is 15.9. The maximum Gasteiger partial charge on any atom is 1.00 e. The molecule has 0 saturated heterocycles. The molecule has 7 nitrogen and oxygen atoms in total. The van der Waals surface area contributed by atoms with Gasteiger partial charge in [-0.1, -0.05) is 0 Å². The molecule has 0 heterocycles. The number of nitrogens with two attached hydrogens (primary N) is 1. The second-order valence-electron chi connectivity index (χ2n) is 1.69. The van der Waals surface area contributed by atoms with Crippen molar-refractivity contribution >= 4 is 13.8 Å². The van der Waals surface area contributed by atoms with Crippen LogP contribution in [0.1, 0.15) is 0 Å². The number of aliphatic carboxylic acids is 1. The van der Waals surface area contributed by atoms with E-state index in [1.807, 2.05) is 0 Å². The molecule has 0 spiro atoms. The van der Waals surface area contributed by atoms with Gasteiger partial charge >= 0.3 is 59.1 Å². The zero-order chi connectivity index (χ0) is 9.07. The van der Waals surface area contributed by atoms with E-state index in [1.165, 1.54) is 0 Å². The first-order chi connectivity index (χ1) is 4.83. The fourth-order valence-corrected chi connectivity index (χ4v) is 0.592. The summed E-state index contributed by atoms with van der Waals surface area (Å²) in [6.45, 7) is -0.834. The summed E-state index contributed by atoms with van der Waals surface area (Å²) in [6.07, 6.45) is 0. The van der Waals surface area contributed by atoms with Crippen LogP contribution in [0.3, 0.4) is 0 Å². The monoisotopic (exact) mass is 229 g/mol. The number of carbonyl (C=O) groups is 1. The van der Waals surface area contributed by atoms with Crippen molar-refractivity contribution in [1.82, 2.24) is 0 Å². The maximum absolute atomic E-state index is 9.85. The second-order valence-corrected chi connectivity index (χ2v) is 2.89. The molecule has 0 radical (unpaired) electrons. The van der Waals surface area contributed by atoms with Crippen molar-refractivity contribution < 1.29 is 87.9 Å². The molecule has 0 aromatic heterocycles. The fraction of sp³-hybridized carbons (Fsp3) is 0.667. The summed E-state index contributed by atoms with van der Waals surface area (Å²) in [5.41, 5.74) is 4.77. The molecule has 2 atom stereocenters. The number of carboxylic acids is 1. The first-order valence-electron chi connectivity index (χ1n) is 2.47. The summed E-state index contributed by atoms with van der Waals surface area (Å²) in [4.78, 5) is 27.6. The van der Waals surface area contributed by atoms with Gasteiger partial charge in [0.05, 0.1) is 18.6 Å². The van der Waals surface area contributed by atoms with Gasteiger partial charge < -0.3 is 29.9 Å². The summed E-state index contributed by atoms with van der Waals surface area (Å²) < 4.78 is 13.5. The molecule has 0 aliphatic heterocycles. The predicted molar refractivity (Wildman–Crippen MR) is 28.8 cm³/mol. The van der Waals surface area contributed by atoms with Crippen LogP contribution in [0.25, 0.3) is 0 Å². The van der Waals surface area contributed by atoms with Gasteiger partial charge in [0, 0.05) is 0 Å². The van der Waals surface area contributed by atoms with Gasteiger partial charge in [-0.2, -0.15) is 0 Å². The van der Waals surface area contributed by atoms with E-state index >= 15 is 0 Å². The Hall–Kier alpha value is 1.54. The van der Waals surface area contributed by atoms with E-state index in [1.54, 1.807) is 0 Å². The Kier molecular flexibility index (Phi) is 13.6. The number of carbonyl (C=O) groups excluding carboxylic acids is 1. The largest absolute Gasteiger partial charge is 1.00 e. The molecule has 0 aromatic rings. The van der Waals surface area contributed by atoms with Crippen LogP contribution in [0.4, 0.5) is 0 Å². The number of hydrogen-bond donors (Lipinski definition) is 2. The van der Waals surface area contributed by atoms with Crippen LogP contribution in [-0.4, -0.2) is 23.5 Å². The van der Waals surface area contributed by atoms with E-state index in [0.29, 0.717) is 0 Å². The molecule has 3 N–H and O–H groups in total. The summed E-state index contributed by atoms with van der Waals surface area (Å²) in [5.74, 6) is -1.65. The zero-order valence-electron chi connectivity index (χ0n) is 7.30. The van der Waals surface area contributed by atoms with Crippen molar-refractivity contribution in [2.45, 2.75) is 6.04 Å². The molecule has 0 bridgehead atoms. The first kappa shape index (κ1) is 20.0. The number of phosphoric acid groups is 1. The van der Waals surface area contributed by atoms with Crippen LogP contribution < -0.4 is 74.8 Å². The Morgan fingerprint density at radius 2 is 2.00 bits per heavy atom. The molecule has 0 rings (SSSR count). The predicted octanol–water partition coefficient (Wildman–Crippen LogP) is -9.45. The van der Waals surface area contributed by atoms with E-state index in [9.17, 15) is 19.4 Å². The average molecular weight is 229 g/mol. The first-order valence-corrected chi connectivity index (χ1v) is 3.97. The van der Waals surface area contributed by atoms with Gasteiger partial charge in [0.2, 0.25) is 0 Å². The Balaban J connectivity index is -0.000000500. The van der Waals surface area contributed by atoms with Gasteiger partial charge in [0.25, 0.3) is 7.82 Å². The topological polar surface area (TPSA) is 136 Å². The van der Waals surface area contributed by atoms with Crippen molar-refractivity contribution in [3.05, 3.63) is 0 Å². The molecule has 0 saturated carbocycles. The van der Waals surface area contributed by atoms with Crippen molar-refractivity contribution in [3.63, 3.8) is 0 Å². The molecule has 0 amide bonds. The van der Waals surface area contributed by atoms with Gasteiger partial charge in [0.1, 0.15) is 0 Å². The number of phosphoric ester groups is 1. The zero-order valence-corrected chi connectivity index (χ0v) is 12.2. The molecule has 0 aliphatic carbocycles. The molecule has 13 heavy (non-hydrogen) atoms. The number of carboxylic acid groups (broad SMARTS) is 1. The molecular weight excluding hydrogens is 223 g/mol. The van der Waals surface area contributed by atoms with Crippen LogP contribution >= 0.6 is 7.82 Å². The van der Waals surface area contributed by atoms with Gasteiger partial charge in [0.15, 0.2) is 0 Å². The van der Waals surface area contributed by atoms with Crippen LogP contribution in [0.2, 0.25) is 0 Å². The van der Waals surface area contributed by atoms with Crippen molar-refractivity contribution in [1.29, 1.82) is 0 Å². The van der Waals surface area contributed by atoms with Gasteiger partial charge in [-0.05, 0) is 0 Å². The minimum atomic E-state index is -4.88. The summed E-state index contributed by atoms with van der Waals surface area (Å²) in [5, 5.41) is 9.83. The van der Waals surface area contributed by atoms with Gasteiger partial charge in [-0.25, -0.2) is 0 Å². The third kappa shape index (κ3) is 13.5. The average Bonchev–Trinajstić information content (AvgIpc) is 1.80. The molecule has 10 heteroatoms. The Bertz CT molecular complexity index is 194. The summed E-state index contributed by atoms with van der Waals surface area (Å²) >= 11 is 0. The second kappa shape index (κ2) is 8.82. The quantitative estimate of drug-likeness (QED) is 0.360. The van der Waals surface area contributed by atoms with Crippen LogP contribution in [0.5, 0.6) is 0 Å². The van der Waals surface area contributed by atoms with Crippen LogP contribution in [-0.2, 0) is 13.9 Å². The van der Waals surface area contributed by atoms with Crippen molar-refractivity contribution in [3.8, 4) is 0 Å². The van der Waals surface area contributed by atoms with E-state index in [0.717, 1.165) is 0 Å². The molecule has 66 valence electrons. The Labute approximate surface area is 119 Å². The Morgan fingerprint density at radius 3 is 2.23 bits per heavy atom. The summed E-state index contributed by atoms with van der Waals surface area (Å²) in [6, 6.07) is -1.57. The minimum Gasteiger partial charge on any atom is -0.756 e. The minimum absolute atomic E-state index is 0. The molecule has 0 fully saturated rings. The SMILES string of the molecule is N[C@@H](COP(=O)([O-])O)C(=O)[O-].[Na+].[Na+]. The Morgan fingerprint density at radius 1 is 1.62 bits per heavy atom. The van der Waals surface area contributed by atoms with Gasteiger partial charge in [-0.3, -0.25) is 4.57 Å². The maximum atomic E-state index is 9.85. The molecule has 0 aromatic carbocycles. The van der Waals surface area contributed by atoms with Crippen molar-refractivity contribution in [2.24, 2.45) is 5.73 Å². The smallest absolute Gasteiger partial charge is 0.756 e. The number of hydrogen-bond acceptors (Lipinski definition) is 6. The number of rotatable bonds is 4. The van der Waals surface area contributed by atoms with Gasteiger partial charge in [-0.15, -0.1) is 0 Å². The fourth-order valence-electron chi connectivity index (χ4n) is 0.243. The van der Waals surface area contributed by atoms with Crippen LogP contribution in [0.15, 0.2) is 0 Å². The van der Waals surface area contributed by atoms with E-state index < -0.39 is 26.4 Å². The van der Waals surface area contributed by atoms with E-state index in [-0.39, 0.29) is 59.1 Å². The molecule has 0 aliphatic rings. The van der Waals surface area contributed by atoms with E-state index in [4.69, 9.17) is 10.6 Å². The van der Waals surface area contributed by atoms with Crippen molar-refractivity contribution in [2.75, 3.05) is 6.61 Å². The van der Waals surface area contributed by atoms with E-state index in [2.05, 4.69) is 4.52 Å². The third-order valence-corrected chi connectivity index (χ3v) is 1.20. The van der Waals surface area contributed by atoms with Crippen LogP contribution in [0, 0.1) is 0 Å². The summed E-state index contributed by atoms with van der Waals surface area (Å²) in [7, 11) is -4.88. The molecular formula is C3H6NNa2O6P.